The third-order valence-electron chi connectivity index (χ3n) is 5.63. The number of anilines is 2. The van der Waals surface area contributed by atoms with Crippen LogP contribution in [0.25, 0.3) is 10.4 Å². The van der Waals surface area contributed by atoms with Crippen molar-refractivity contribution in [2.24, 2.45) is 0 Å². The van der Waals surface area contributed by atoms with Crippen molar-refractivity contribution in [1.29, 1.82) is 0 Å². The summed E-state index contributed by atoms with van der Waals surface area (Å²) in [4.78, 5) is 17.2. The molecule has 2 amide bonds. The van der Waals surface area contributed by atoms with Crippen LogP contribution < -0.4 is 10.6 Å². The highest BCUT2D eigenvalue weighted by Gasteiger charge is 2.50. The second-order valence-electron chi connectivity index (χ2n) is 8.09. The molecule has 7 nitrogen and oxygen atoms in total. The Balaban J connectivity index is 1.36. The topological polar surface area (TPSA) is 91.4 Å². The number of halogens is 6. The van der Waals surface area contributed by atoms with E-state index >= 15 is 0 Å². The van der Waals surface area contributed by atoms with E-state index in [0.717, 1.165) is 10.4 Å². The molecule has 4 rings (SSSR count). The Morgan fingerprint density at radius 3 is 2.16 bits per heavy atom. The molecule has 2 aromatic carbocycles. The first-order chi connectivity index (χ1) is 17.3. The first-order valence-corrected chi connectivity index (χ1v) is 13.0. The highest BCUT2D eigenvalue weighted by atomic mass is 32.2. The van der Waals surface area contributed by atoms with Gasteiger partial charge in [-0.25, -0.2) is 31.4 Å². The molecule has 1 aliphatic heterocycles. The molecule has 1 aromatic heterocycles. The number of benzene rings is 2. The van der Waals surface area contributed by atoms with Crippen molar-refractivity contribution in [2.45, 2.75) is 24.3 Å². The summed E-state index contributed by atoms with van der Waals surface area (Å²) >= 11 is 1.32. The summed E-state index contributed by atoms with van der Waals surface area (Å²) in [6.45, 7) is -0.509. The number of rotatable bonds is 5. The summed E-state index contributed by atoms with van der Waals surface area (Å²) in [6, 6.07) is 6.30. The molecule has 0 unspecified atom stereocenters. The lowest BCUT2D eigenvalue weighted by Crippen LogP contribution is -2.44. The zero-order chi connectivity index (χ0) is 27.0. The van der Waals surface area contributed by atoms with Gasteiger partial charge >= 0.3 is 21.6 Å². The van der Waals surface area contributed by atoms with E-state index in [-0.39, 0.29) is 31.8 Å². The quantitative estimate of drug-likeness (QED) is 0.378. The maximum absolute atomic E-state index is 13.7. The Morgan fingerprint density at radius 2 is 1.59 bits per heavy atom. The summed E-state index contributed by atoms with van der Waals surface area (Å²) in [5.74, 6) is -3.84. The Morgan fingerprint density at radius 1 is 1.00 bits per heavy atom. The number of sulfonamides is 1. The molecule has 0 spiro atoms. The average molecular weight is 565 g/mol. The van der Waals surface area contributed by atoms with E-state index in [1.54, 1.807) is 18.3 Å². The van der Waals surface area contributed by atoms with Gasteiger partial charge in [-0.2, -0.15) is 17.5 Å². The van der Waals surface area contributed by atoms with Crippen LogP contribution in [-0.4, -0.2) is 42.3 Å². The molecule has 15 heteroatoms. The summed E-state index contributed by atoms with van der Waals surface area (Å²) in [5.41, 5.74) is -5.10. The lowest BCUT2D eigenvalue weighted by atomic mass is 9.99. The molecule has 1 aliphatic rings. The van der Waals surface area contributed by atoms with Gasteiger partial charge in [0.2, 0.25) is 0 Å². The molecular formula is C22H18F6N4O3S2. The van der Waals surface area contributed by atoms with Crippen molar-refractivity contribution >= 4 is 38.8 Å². The van der Waals surface area contributed by atoms with Crippen LogP contribution in [0.3, 0.4) is 0 Å². The van der Waals surface area contributed by atoms with Crippen LogP contribution in [0, 0.1) is 17.5 Å². The number of hydrogen-bond donors (Lipinski definition) is 2. The van der Waals surface area contributed by atoms with Crippen LogP contribution in [0.4, 0.5) is 42.5 Å². The van der Waals surface area contributed by atoms with Crippen molar-refractivity contribution in [3.63, 3.8) is 0 Å². The molecule has 3 aromatic rings. The predicted molar refractivity (Wildman–Crippen MR) is 125 cm³/mol. The van der Waals surface area contributed by atoms with E-state index in [9.17, 15) is 39.6 Å². The van der Waals surface area contributed by atoms with Crippen molar-refractivity contribution in [3.8, 4) is 10.4 Å². The SMILES string of the molecule is O=C(Nc1ccc(-c2cnc(C3CCN(S(=O)(=O)C(F)(F)F)CC3)s2)cc1)Nc1c(F)cc(F)cc1F. The van der Waals surface area contributed by atoms with Gasteiger partial charge in [-0.3, -0.25) is 0 Å². The van der Waals surface area contributed by atoms with Crippen LogP contribution in [0.2, 0.25) is 0 Å². The Hall–Kier alpha value is -3.17. The largest absolute Gasteiger partial charge is 0.511 e. The molecule has 0 saturated carbocycles. The molecule has 0 radical (unpaired) electrons. The molecule has 0 bridgehead atoms. The van der Waals surface area contributed by atoms with Crippen LogP contribution in [-0.2, 0) is 10.0 Å². The van der Waals surface area contributed by atoms with Gasteiger partial charge in [0, 0.05) is 43.0 Å². The fourth-order valence-electron chi connectivity index (χ4n) is 3.75. The highest BCUT2D eigenvalue weighted by molar-refractivity contribution is 7.90. The molecule has 1 saturated heterocycles. The van der Waals surface area contributed by atoms with E-state index in [0.29, 0.717) is 27.1 Å². The number of thiazole rings is 1. The number of piperidine rings is 1. The van der Waals surface area contributed by atoms with Gasteiger partial charge < -0.3 is 10.6 Å². The molecule has 198 valence electrons. The van der Waals surface area contributed by atoms with Crippen LogP contribution in [0.5, 0.6) is 0 Å². The van der Waals surface area contributed by atoms with Gasteiger partial charge in [0.05, 0.1) is 9.88 Å². The number of urea groups is 1. The lowest BCUT2D eigenvalue weighted by molar-refractivity contribution is -0.0494. The van der Waals surface area contributed by atoms with E-state index in [1.807, 2.05) is 5.32 Å². The highest BCUT2D eigenvalue weighted by Crippen LogP contribution is 2.37. The van der Waals surface area contributed by atoms with E-state index in [1.165, 1.54) is 23.5 Å². The minimum Gasteiger partial charge on any atom is -0.308 e. The second-order valence-corrected chi connectivity index (χ2v) is 11.1. The first kappa shape index (κ1) is 26.9. The van der Waals surface area contributed by atoms with Gasteiger partial charge in [-0.05, 0) is 30.5 Å². The van der Waals surface area contributed by atoms with Crippen LogP contribution >= 0.6 is 11.3 Å². The van der Waals surface area contributed by atoms with Crippen molar-refractivity contribution < 1.29 is 39.6 Å². The third-order valence-corrected chi connectivity index (χ3v) is 8.47. The molecular weight excluding hydrogens is 546 g/mol. The Kier molecular flexibility index (Phi) is 7.48. The molecule has 0 aliphatic carbocycles. The third kappa shape index (κ3) is 5.88. The second kappa shape index (κ2) is 10.3. The average Bonchev–Trinajstić information content (AvgIpc) is 3.31. The molecule has 0 atom stereocenters. The zero-order valence-electron chi connectivity index (χ0n) is 18.7. The Labute approximate surface area is 211 Å². The van der Waals surface area contributed by atoms with Gasteiger partial charge in [0.1, 0.15) is 11.5 Å². The summed E-state index contributed by atoms with van der Waals surface area (Å²) < 4.78 is 102. The fourth-order valence-corrected chi connectivity index (χ4v) is 5.83. The number of nitrogens with zero attached hydrogens (tertiary/aromatic N) is 2. The fraction of sp³-hybridized carbons (Fsp3) is 0.273. The Bertz CT molecular complexity index is 1380. The number of carbonyl (C=O) groups excluding carboxylic acids is 1. The molecule has 2 heterocycles. The smallest absolute Gasteiger partial charge is 0.308 e. The standard InChI is InChI=1S/C22H18F6N4O3S2/c23-14-9-16(24)19(17(25)10-14)31-21(33)30-15-3-1-12(2-4-15)18-11-29-20(36-18)13-5-7-32(8-6-13)37(34,35)22(26,27)28/h1-4,9-11,13H,5-8H2,(H2,30,31,33). The number of amides is 2. The van der Waals surface area contributed by atoms with Crippen molar-refractivity contribution in [3.05, 3.63) is 65.1 Å². The normalized spacial score (nSPS) is 15.5. The summed E-state index contributed by atoms with van der Waals surface area (Å²) in [6.07, 6.45) is 2.00. The maximum atomic E-state index is 13.7. The lowest BCUT2D eigenvalue weighted by Gasteiger charge is -2.30. The van der Waals surface area contributed by atoms with Gasteiger partial charge in [0.25, 0.3) is 0 Å². The number of hydrogen-bond acceptors (Lipinski definition) is 5. The van der Waals surface area contributed by atoms with Gasteiger partial charge in [0.15, 0.2) is 11.6 Å². The molecule has 1 fully saturated rings. The van der Waals surface area contributed by atoms with Crippen LogP contribution in [0.1, 0.15) is 23.8 Å². The predicted octanol–water partition coefficient (Wildman–Crippen LogP) is 5.90. The minimum atomic E-state index is -5.35. The van der Waals surface area contributed by atoms with E-state index in [2.05, 4.69) is 10.3 Å². The van der Waals surface area contributed by atoms with E-state index < -0.39 is 44.7 Å². The molecule has 2 N–H and O–H groups in total. The van der Waals surface area contributed by atoms with E-state index in [4.69, 9.17) is 0 Å². The first-order valence-electron chi connectivity index (χ1n) is 10.7. The minimum absolute atomic E-state index is 0.185. The monoisotopic (exact) mass is 564 g/mol. The molecule has 37 heavy (non-hydrogen) atoms. The summed E-state index contributed by atoms with van der Waals surface area (Å²) in [7, 11) is -5.35. The van der Waals surface area contributed by atoms with Crippen molar-refractivity contribution in [1.82, 2.24) is 9.29 Å². The number of aromatic nitrogens is 1. The number of alkyl halides is 3. The van der Waals surface area contributed by atoms with Crippen LogP contribution in [0.15, 0.2) is 42.6 Å². The zero-order valence-corrected chi connectivity index (χ0v) is 20.3. The number of carbonyl (C=O) groups is 1. The van der Waals surface area contributed by atoms with Gasteiger partial charge in [-0.15, -0.1) is 11.3 Å². The summed E-state index contributed by atoms with van der Waals surface area (Å²) in [5, 5.41) is 5.05. The maximum Gasteiger partial charge on any atom is 0.511 e. The van der Waals surface area contributed by atoms with Gasteiger partial charge in [-0.1, -0.05) is 12.1 Å². The van der Waals surface area contributed by atoms with Crippen molar-refractivity contribution in [2.75, 3.05) is 23.7 Å². The number of nitrogens with one attached hydrogen (secondary N) is 2.